The maximum absolute atomic E-state index is 11.8. The van der Waals surface area contributed by atoms with E-state index >= 15 is 0 Å². The Bertz CT molecular complexity index is 361. The molecule has 0 aromatic carbocycles. The molecule has 0 spiro atoms. The van der Waals surface area contributed by atoms with Crippen LogP contribution >= 0.6 is 11.8 Å². The average molecular weight is 255 g/mol. The molecule has 1 unspecified atom stereocenters. The van der Waals surface area contributed by atoms with Gasteiger partial charge in [0.2, 0.25) is 0 Å². The molecule has 0 fully saturated rings. The van der Waals surface area contributed by atoms with Crippen molar-refractivity contribution in [1.29, 1.82) is 0 Å². The lowest BCUT2D eigenvalue weighted by Crippen LogP contribution is -2.50. The number of hydrogen-bond donors (Lipinski definition) is 1. The number of nitrogens with zero attached hydrogens (tertiary/aromatic N) is 2. The lowest BCUT2D eigenvalue weighted by atomic mass is 10.1. The smallest absolute Gasteiger partial charge is 0.326 e. The highest BCUT2D eigenvalue weighted by molar-refractivity contribution is 7.99. The number of carbonyl (C=O) groups excluding carboxylic acids is 1. The lowest BCUT2D eigenvalue weighted by molar-refractivity contribution is -0.149. The summed E-state index contributed by atoms with van der Waals surface area (Å²) in [5, 5.41) is 3.83. The number of carbonyl (C=O) groups is 1. The van der Waals surface area contributed by atoms with Gasteiger partial charge < -0.3 is 10.1 Å². The minimum absolute atomic E-state index is 0.246. The van der Waals surface area contributed by atoms with Crippen LogP contribution in [-0.2, 0) is 9.53 Å². The molecule has 5 nitrogen and oxygen atoms in total. The maximum atomic E-state index is 11.8. The predicted octanol–water partition coefficient (Wildman–Crippen LogP) is 1.11. The highest BCUT2D eigenvalue weighted by Gasteiger charge is 2.33. The average Bonchev–Trinajstić information content (AvgIpc) is 2.37. The van der Waals surface area contributed by atoms with Crippen LogP contribution in [0.3, 0.4) is 0 Å². The van der Waals surface area contributed by atoms with Gasteiger partial charge in [0.15, 0.2) is 0 Å². The van der Waals surface area contributed by atoms with Crippen molar-refractivity contribution >= 4 is 17.7 Å². The first-order valence-electron chi connectivity index (χ1n) is 5.37. The summed E-state index contributed by atoms with van der Waals surface area (Å²) in [7, 11) is 1.75. The van der Waals surface area contributed by atoms with Crippen molar-refractivity contribution in [3.8, 4) is 0 Å². The van der Waals surface area contributed by atoms with E-state index in [-0.39, 0.29) is 5.97 Å². The van der Waals surface area contributed by atoms with E-state index in [1.54, 1.807) is 20.2 Å². The number of rotatable bonds is 6. The quantitative estimate of drug-likeness (QED) is 0.467. The van der Waals surface area contributed by atoms with Crippen molar-refractivity contribution < 1.29 is 9.53 Å². The van der Waals surface area contributed by atoms with Crippen LogP contribution < -0.4 is 5.32 Å². The van der Waals surface area contributed by atoms with Crippen LogP contribution in [0.15, 0.2) is 23.6 Å². The number of thioether (sulfide) groups is 1. The summed E-state index contributed by atoms with van der Waals surface area (Å²) in [4.78, 5) is 19.7. The van der Waals surface area contributed by atoms with E-state index in [0.29, 0.717) is 12.4 Å². The largest absolute Gasteiger partial charge is 0.465 e. The number of esters is 1. The van der Waals surface area contributed by atoms with Crippen LogP contribution in [0.4, 0.5) is 0 Å². The van der Waals surface area contributed by atoms with Gasteiger partial charge in [0.25, 0.3) is 0 Å². The molecule has 0 radical (unpaired) electrons. The minimum atomic E-state index is -0.703. The molecular weight excluding hydrogens is 238 g/mol. The van der Waals surface area contributed by atoms with Crippen molar-refractivity contribution in [2.45, 2.75) is 24.4 Å². The first kappa shape index (κ1) is 13.9. The molecule has 0 bridgehead atoms. The molecule has 0 amide bonds. The molecule has 17 heavy (non-hydrogen) atoms. The fraction of sp³-hybridized carbons (Fsp3) is 0.545. The van der Waals surface area contributed by atoms with E-state index in [1.165, 1.54) is 18.1 Å². The normalized spacial score (nSPS) is 14.1. The zero-order valence-corrected chi connectivity index (χ0v) is 11.1. The number of hydrogen-bond acceptors (Lipinski definition) is 6. The molecule has 1 aromatic rings. The van der Waals surface area contributed by atoms with E-state index in [9.17, 15) is 4.79 Å². The first-order chi connectivity index (χ1) is 8.12. The van der Waals surface area contributed by atoms with Crippen molar-refractivity contribution in [3.05, 3.63) is 18.6 Å². The van der Waals surface area contributed by atoms with Crippen molar-refractivity contribution in [3.63, 3.8) is 0 Å². The van der Waals surface area contributed by atoms with Gasteiger partial charge in [-0.25, -0.2) is 9.97 Å². The Balaban J connectivity index is 2.60. The Morgan fingerprint density at radius 3 is 2.94 bits per heavy atom. The summed E-state index contributed by atoms with van der Waals surface area (Å²) in [6.45, 7) is 4.00. The fourth-order valence-corrected chi connectivity index (χ4v) is 2.08. The number of likely N-dealkylation sites (N-methyl/N-ethyl adjacent to an activating group) is 1. The molecule has 94 valence electrons. The Hall–Kier alpha value is -1.14. The Morgan fingerprint density at radius 2 is 2.41 bits per heavy atom. The molecule has 6 heteroatoms. The summed E-state index contributed by atoms with van der Waals surface area (Å²) in [6.07, 6.45) is 3.17. The molecule has 1 atom stereocenters. The second kappa shape index (κ2) is 6.56. The topological polar surface area (TPSA) is 64.1 Å². The minimum Gasteiger partial charge on any atom is -0.465 e. The van der Waals surface area contributed by atoms with Crippen LogP contribution in [0.2, 0.25) is 0 Å². The van der Waals surface area contributed by atoms with Gasteiger partial charge in [-0.15, -0.1) is 11.8 Å². The monoisotopic (exact) mass is 255 g/mol. The van der Waals surface area contributed by atoms with Crippen LogP contribution in [0.25, 0.3) is 0 Å². The molecule has 1 rings (SSSR count). The molecule has 0 saturated carbocycles. The number of nitrogens with one attached hydrogen (secondary N) is 1. The van der Waals surface area contributed by atoms with Gasteiger partial charge in [0.1, 0.15) is 11.9 Å². The standard InChI is InChI=1S/C11H17N3O2S/c1-4-16-10(15)11(2,12-3)7-17-9-5-6-13-8-14-9/h5-6,8,12H,4,7H2,1-3H3. The predicted molar refractivity (Wildman–Crippen MR) is 66.9 cm³/mol. The zero-order valence-electron chi connectivity index (χ0n) is 10.3. The molecule has 0 aliphatic carbocycles. The summed E-state index contributed by atoms with van der Waals surface area (Å²) in [5.41, 5.74) is -0.703. The SMILES string of the molecule is CCOC(=O)C(C)(CSc1ccncn1)NC. The second-order valence-electron chi connectivity index (χ2n) is 3.64. The van der Waals surface area contributed by atoms with Crippen molar-refractivity contribution in [1.82, 2.24) is 15.3 Å². The van der Waals surface area contributed by atoms with E-state index in [4.69, 9.17) is 4.74 Å². The molecule has 0 saturated heterocycles. The van der Waals surface area contributed by atoms with Gasteiger partial charge in [-0.05, 0) is 27.0 Å². The molecule has 1 aromatic heterocycles. The number of aromatic nitrogens is 2. The van der Waals surface area contributed by atoms with Gasteiger partial charge in [-0.2, -0.15) is 0 Å². The highest BCUT2D eigenvalue weighted by Crippen LogP contribution is 2.20. The molecular formula is C11H17N3O2S. The van der Waals surface area contributed by atoms with Crippen LogP contribution in [-0.4, -0.2) is 40.9 Å². The second-order valence-corrected chi connectivity index (χ2v) is 4.63. The Morgan fingerprint density at radius 1 is 1.65 bits per heavy atom. The van der Waals surface area contributed by atoms with E-state index in [0.717, 1.165) is 5.03 Å². The third-order valence-electron chi connectivity index (χ3n) is 2.34. The fourth-order valence-electron chi connectivity index (χ4n) is 1.11. The molecule has 0 aliphatic heterocycles. The Kier molecular flexibility index (Phi) is 5.37. The summed E-state index contributed by atoms with van der Waals surface area (Å²) in [6, 6.07) is 1.81. The number of ether oxygens (including phenoxy) is 1. The summed E-state index contributed by atoms with van der Waals surface area (Å²) >= 11 is 1.49. The zero-order chi connectivity index (χ0) is 12.7. The Labute approximate surface area is 105 Å². The van der Waals surface area contributed by atoms with Crippen molar-refractivity contribution in [2.24, 2.45) is 0 Å². The van der Waals surface area contributed by atoms with E-state index in [2.05, 4.69) is 15.3 Å². The first-order valence-corrected chi connectivity index (χ1v) is 6.36. The van der Waals surface area contributed by atoms with Gasteiger partial charge in [0.05, 0.1) is 11.6 Å². The van der Waals surface area contributed by atoms with E-state index < -0.39 is 5.54 Å². The van der Waals surface area contributed by atoms with Crippen LogP contribution in [0.5, 0.6) is 0 Å². The van der Waals surface area contributed by atoms with Crippen molar-refractivity contribution in [2.75, 3.05) is 19.4 Å². The van der Waals surface area contributed by atoms with Gasteiger partial charge in [-0.3, -0.25) is 4.79 Å². The third-order valence-corrected chi connectivity index (χ3v) is 3.60. The molecule has 1 N–H and O–H groups in total. The molecule has 0 aliphatic rings. The maximum Gasteiger partial charge on any atom is 0.326 e. The van der Waals surface area contributed by atoms with Gasteiger partial charge in [-0.1, -0.05) is 0 Å². The molecule has 1 heterocycles. The lowest BCUT2D eigenvalue weighted by Gasteiger charge is -2.25. The van der Waals surface area contributed by atoms with Crippen LogP contribution in [0.1, 0.15) is 13.8 Å². The van der Waals surface area contributed by atoms with Gasteiger partial charge in [0, 0.05) is 11.9 Å². The third kappa shape index (κ3) is 3.98. The van der Waals surface area contributed by atoms with Crippen LogP contribution in [0, 0.1) is 0 Å². The van der Waals surface area contributed by atoms with Gasteiger partial charge >= 0.3 is 5.97 Å². The highest BCUT2D eigenvalue weighted by atomic mass is 32.2. The summed E-state index contributed by atoms with van der Waals surface area (Å²) in [5.74, 6) is 0.309. The summed E-state index contributed by atoms with van der Waals surface area (Å²) < 4.78 is 5.04. The van der Waals surface area contributed by atoms with E-state index in [1.807, 2.05) is 13.0 Å².